The van der Waals surface area contributed by atoms with Crippen molar-refractivity contribution in [3.05, 3.63) is 53.9 Å². The quantitative estimate of drug-likeness (QED) is 0.572. The number of anilines is 1. The van der Waals surface area contributed by atoms with E-state index in [2.05, 4.69) is 31.9 Å². The number of amides is 1. The summed E-state index contributed by atoms with van der Waals surface area (Å²) in [6, 6.07) is 10.9. The number of aromatic nitrogens is 3. The highest BCUT2D eigenvalue weighted by atomic mass is 19.1. The zero-order valence-electron chi connectivity index (χ0n) is 18.5. The van der Waals surface area contributed by atoms with Crippen LogP contribution in [0.3, 0.4) is 0 Å². The summed E-state index contributed by atoms with van der Waals surface area (Å²) in [5.74, 6) is 1.26. The lowest BCUT2D eigenvalue weighted by molar-refractivity contribution is -0.117. The molecule has 2 fully saturated rings. The molecule has 1 aliphatic heterocycles. The van der Waals surface area contributed by atoms with Gasteiger partial charge in [0.15, 0.2) is 0 Å². The van der Waals surface area contributed by atoms with Crippen LogP contribution in [0.5, 0.6) is 5.75 Å². The second kappa shape index (κ2) is 9.19. The number of ether oxygens (including phenoxy) is 1. The molecule has 1 amide bonds. The Morgan fingerprint density at radius 1 is 1.29 bits per heavy atom. The zero-order chi connectivity index (χ0) is 23.7. The molecule has 10 heteroatoms. The minimum atomic E-state index is -1.12. The van der Waals surface area contributed by atoms with Crippen LogP contribution in [0.1, 0.15) is 36.1 Å². The molecule has 34 heavy (non-hydrogen) atoms. The van der Waals surface area contributed by atoms with Gasteiger partial charge in [-0.15, -0.1) is 10.2 Å². The van der Waals surface area contributed by atoms with Crippen molar-refractivity contribution >= 4 is 11.7 Å². The number of halogens is 1. The van der Waals surface area contributed by atoms with Gasteiger partial charge in [-0.25, -0.2) is 9.37 Å². The molecule has 2 N–H and O–H groups in total. The number of piperidine rings is 1. The number of aryl methyl sites for hydroxylation is 1. The Balaban J connectivity index is 1.28. The van der Waals surface area contributed by atoms with Crippen molar-refractivity contribution in [3.8, 4) is 22.9 Å². The van der Waals surface area contributed by atoms with Crippen molar-refractivity contribution < 1.29 is 18.3 Å². The van der Waals surface area contributed by atoms with Crippen LogP contribution in [0.25, 0.3) is 11.1 Å². The minimum absolute atomic E-state index is 0.0704. The number of nitriles is 1. The summed E-state index contributed by atoms with van der Waals surface area (Å²) in [7, 11) is 0. The molecule has 1 saturated carbocycles. The average Bonchev–Trinajstić information content (AvgIpc) is 3.54. The van der Waals surface area contributed by atoms with E-state index in [-0.39, 0.29) is 24.3 Å². The number of pyridine rings is 1. The van der Waals surface area contributed by atoms with Crippen molar-refractivity contribution in [3.63, 3.8) is 0 Å². The van der Waals surface area contributed by atoms with Gasteiger partial charge in [-0.3, -0.25) is 4.79 Å². The first-order valence-electron chi connectivity index (χ1n) is 11.1. The van der Waals surface area contributed by atoms with Gasteiger partial charge >= 0.3 is 0 Å². The Morgan fingerprint density at radius 2 is 2.15 bits per heavy atom. The van der Waals surface area contributed by atoms with E-state index < -0.39 is 12.3 Å². The predicted octanol–water partition coefficient (Wildman–Crippen LogP) is 3.13. The van der Waals surface area contributed by atoms with Gasteiger partial charge < -0.3 is 19.8 Å². The largest absolute Gasteiger partial charge is 0.486 e. The van der Waals surface area contributed by atoms with Crippen LogP contribution >= 0.6 is 0 Å². The van der Waals surface area contributed by atoms with Gasteiger partial charge in [0.1, 0.15) is 29.9 Å². The molecular formula is C24H23FN6O3. The number of nitrogens with one attached hydrogen (secondary N) is 2. The molecule has 3 aromatic rings. The molecular weight excluding hydrogens is 439 g/mol. The fourth-order valence-corrected chi connectivity index (χ4v) is 4.11. The van der Waals surface area contributed by atoms with Crippen LogP contribution in [0, 0.1) is 24.2 Å². The van der Waals surface area contributed by atoms with E-state index in [0.717, 1.165) is 11.1 Å². The van der Waals surface area contributed by atoms with Gasteiger partial charge in [0.25, 0.3) is 0 Å². The van der Waals surface area contributed by atoms with Crippen LogP contribution in [0.2, 0.25) is 0 Å². The third kappa shape index (κ3) is 4.61. The summed E-state index contributed by atoms with van der Waals surface area (Å²) >= 11 is 0. The molecule has 3 heterocycles. The van der Waals surface area contributed by atoms with E-state index in [0.29, 0.717) is 48.3 Å². The highest BCUT2D eigenvalue weighted by molar-refractivity contribution is 5.94. The number of rotatable bonds is 6. The maximum Gasteiger partial charge on any atom is 0.229 e. The number of benzene rings is 1. The second-order valence-electron chi connectivity index (χ2n) is 8.51. The molecule has 1 aromatic carbocycles. The monoisotopic (exact) mass is 462 g/mol. The molecule has 9 nitrogen and oxygen atoms in total. The highest BCUT2D eigenvalue weighted by Crippen LogP contribution is 2.47. The first kappa shape index (κ1) is 22.0. The number of carbonyl (C=O) groups excluding carboxylic acids is 1. The molecule has 2 aromatic heterocycles. The van der Waals surface area contributed by atoms with Gasteiger partial charge in [0, 0.05) is 25.6 Å². The molecule has 0 radical (unpaired) electrons. The maximum atomic E-state index is 14.1. The first-order chi connectivity index (χ1) is 16.5. The molecule has 0 bridgehead atoms. The third-order valence-corrected chi connectivity index (χ3v) is 6.06. The molecule has 2 aliphatic rings. The SMILES string of the molecule is Cc1nnc(C2CC2C(=O)Nc2cc(-c3ccc(O[C@H]4CCNC[C@H]4F)c(C#N)c3)ccn2)o1. The van der Waals surface area contributed by atoms with E-state index in [1.165, 1.54) is 0 Å². The zero-order valence-corrected chi connectivity index (χ0v) is 18.5. The van der Waals surface area contributed by atoms with E-state index in [1.54, 1.807) is 43.5 Å². The molecule has 2 unspecified atom stereocenters. The molecule has 0 spiro atoms. The molecule has 1 saturated heterocycles. The molecule has 1 aliphatic carbocycles. The van der Waals surface area contributed by atoms with E-state index in [1.807, 2.05) is 0 Å². The number of carbonyl (C=O) groups is 1. The topological polar surface area (TPSA) is 126 Å². The van der Waals surface area contributed by atoms with Crippen LogP contribution in [-0.2, 0) is 4.79 Å². The van der Waals surface area contributed by atoms with Gasteiger partial charge in [-0.2, -0.15) is 5.26 Å². The highest BCUT2D eigenvalue weighted by Gasteiger charge is 2.47. The summed E-state index contributed by atoms with van der Waals surface area (Å²) in [6.07, 6.45) is 1.08. The Morgan fingerprint density at radius 3 is 2.91 bits per heavy atom. The van der Waals surface area contributed by atoms with Crippen LogP contribution in [-0.4, -0.2) is 46.5 Å². The van der Waals surface area contributed by atoms with Gasteiger partial charge in [-0.05, 0) is 54.8 Å². The van der Waals surface area contributed by atoms with Crippen LogP contribution < -0.4 is 15.4 Å². The van der Waals surface area contributed by atoms with E-state index in [9.17, 15) is 14.4 Å². The Hall–Kier alpha value is -3.84. The summed E-state index contributed by atoms with van der Waals surface area (Å²) in [4.78, 5) is 16.9. The van der Waals surface area contributed by atoms with Crippen molar-refractivity contribution in [2.75, 3.05) is 18.4 Å². The van der Waals surface area contributed by atoms with Crippen molar-refractivity contribution in [2.24, 2.45) is 5.92 Å². The van der Waals surface area contributed by atoms with Crippen LogP contribution in [0.4, 0.5) is 10.2 Å². The average molecular weight is 462 g/mol. The van der Waals surface area contributed by atoms with Crippen molar-refractivity contribution in [1.29, 1.82) is 5.26 Å². The van der Waals surface area contributed by atoms with Crippen molar-refractivity contribution in [2.45, 2.75) is 38.0 Å². The number of hydrogen-bond donors (Lipinski definition) is 2. The fourth-order valence-electron chi connectivity index (χ4n) is 4.11. The Kier molecular flexibility index (Phi) is 5.94. The van der Waals surface area contributed by atoms with E-state index in [4.69, 9.17) is 9.15 Å². The summed E-state index contributed by atoms with van der Waals surface area (Å²) in [5.41, 5.74) is 1.86. The molecule has 174 valence electrons. The fraction of sp³-hybridized carbons (Fsp3) is 0.375. The van der Waals surface area contributed by atoms with Gasteiger partial charge in [0.2, 0.25) is 17.7 Å². The summed E-state index contributed by atoms with van der Waals surface area (Å²) in [6.45, 7) is 2.63. The lowest BCUT2D eigenvalue weighted by atomic mass is 10.0. The van der Waals surface area contributed by atoms with Crippen LogP contribution in [0.15, 0.2) is 40.9 Å². The van der Waals surface area contributed by atoms with Crippen molar-refractivity contribution in [1.82, 2.24) is 20.5 Å². The maximum absolute atomic E-state index is 14.1. The molecule has 4 atom stereocenters. The smallest absolute Gasteiger partial charge is 0.229 e. The summed E-state index contributed by atoms with van der Waals surface area (Å²) in [5, 5.41) is 23.3. The Labute approximate surface area is 195 Å². The standard InChI is InChI=1S/C24H23FN6O3/c1-13-30-31-24(33-13)18-10-17(18)23(32)29-22-9-15(4-7-28-22)14-2-3-20(16(8-14)11-26)34-21-5-6-27-12-19(21)25/h2-4,7-9,17-19,21,27H,5-6,10,12H2,1H3,(H,28,29,32)/t17?,18?,19-,21+/m1/s1. The molecule has 5 rings (SSSR count). The lowest BCUT2D eigenvalue weighted by Crippen LogP contribution is -2.44. The Bertz CT molecular complexity index is 1260. The summed E-state index contributed by atoms with van der Waals surface area (Å²) < 4.78 is 25.4. The lowest BCUT2D eigenvalue weighted by Gasteiger charge is -2.27. The number of nitrogens with zero attached hydrogens (tertiary/aromatic N) is 4. The number of hydrogen-bond acceptors (Lipinski definition) is 8. The normalized spacial score (nSPS) is 23.7. The van der Waals surface area contributed by atoms with E-state index >= 15 is 0 Å². The third-order valence-electron chi connectivity index (χ3n) is 6.06. The van der Waals surface area contributed by atoms with Gasteiger partial charge in [-0.1, -0.05) is 6.07 Å². The number of alkyl halides is 1. The van der Waals surface area contributed by atoms with Gasteiger partial charge in [0.05, 0.1) is 11.5 Å². The predicted molar refractivity (Wildman–Crippen MR) is 120 cm³/mol. The first-order valence-corrected chi connectivity index (χ1v) is 11.1. The minimum Gasteiger partial charge on any atom is -0.486 e. The second-order valence-corrected chi connectivity index (χ2v) is 8.51.